The van der Waals surface area contributed by atoms with E-state index in [0.29, 0.717) is 0 Å². The Morgan fingerprint density at radius 1 is 1.06 bits per heavy atom. The van der Waals surface area contributed by atoms with Gasteiger partial charge in [0.05, 0.1) is 5.60 Å². The molecule has 0 atom stereocenters. The molecule has 2 nitrogen and oxygen atoms in total. The second-order valence-corrected chi connectivity index (χ2v) is 5.55. The molecule has 0 saturated heterocycles. The minimum absolute atomic E-state index is 0.426. The molecule has 1 saturated carbocycles. The lowest BCUT2D eigenvalue weighted by Gasteiger charge is -2.32. The smallest absolute Gasteiger partial charge is 0.0771 e. The first-order valence-electron chi connectivity index (χ1n) is 7.26. The second kappa shape index (κ2) is 6.91. The van der Waals surface area contributed by atoms with Crippen LogP contribution in [0.4, 0.5) is 0 Å². The van der Waals surface area contributed by atoms with Crippen molar-refractivity contribution in [2.75, 3.05) is 13.1 Å². The van der Waals surface area contributed by atoms with Gasteiger partial charge in [-0.1, -0.05) is 49.6 Å². The molecule has 1 aliphatic rings. The summed E-state index contributed by atoms with van der Waals surface area (Å²) in [5.41, 5.74) is 0.973. The van der Waals surface area contributed by atoms with E-state index in [1.807, 2.05) is 0 Å². The maximum Gasteiger partial charge on any atom is 0.0771 e. The zero-order valence-electron chi connectivity index (χ0n) is 11.2. The molecule has 100 valence electrons. The van der Waals surface area contributed by atoms with Gasteiger partial charge in [-0.05, 0) is 37.8 Å². The Bertz CT molecular complexity index is 330. The number of benzene rings is 1. The lowest BCUT2D eigenvalue weighted by atomic mass is 9.85. The van der Waals surface area contributed by atoms with Crippen LogP contribution >= 0.6 is 0 Å². The Morgan fingerprint density at radius 2 is 1.78 bits per heavy atom. The fourth-order valence-corrected chi connectivity index (χ4v) is 2.77. The highest BCUT2D eigenvalue weighted by atomic mass is 16.3. The molecule has 1 fully saturated rings. The average Bonchev–Trinajstić information content (AvgIpc) is 2.40. The summed E-state index contributed by atoms with van der Waals surface area (Å²) in [5, 5.41) is 13.7. The second-order valence-electron chi connectivity index (χ2n) is 5.55. The first kappa shape index (κ1) is 13.6. The zero-order chi connectivity index (χ0) is 12.7. The van der Waals surface area contributed by atoms with E-state index in [1.54, 1.807) is 0 Å². The molecule has 1 aromatic carbocycles. The van der Waals surface area contributed by atoms with Crippen LogP contribution in [0.5, 0.6) is 0 Å². The lowest BCUT2D eigenvalue weighted by molar-refractivity contribution is 0.00507. The largest absolute Gasteiger partial charge is 0.389 e. The van der Waals surface area contributed by atoms with E-state index in [9.17, 15) is 5.11 Å². The SMILES string of the molecule is OC1(CNCCCc2ccccc2)CCCCC1. The molecule has 0 spiro atoms. The summed E-state index contributed by atoms with van der Waals surface area (Å²) < 4.78 is 0. The van der Waals surface area contributed by atoms with Crippen molar-refractivity contribution in [2.24, 2.45) is 0 Å². The van der Waals surface area contributed by atoms with Gasteiger partial charge >= 0.3 is 0 Å². The van der Waals surface area contributed by atoms with E-state index >= 15 is 0 Å². The molecular formula is C16H25NO. The Balaban J connectivity index is 1.58. The molecule has 0 radical (unpaired) electrons. The molecular weight excluding hydrogens is 222 g/mol. The highest BCUT2D eigenvalue weighted by Gasteiger charge is 2.28. The van der Waals surface area contributed by atoms with E-state index in [1.165, 1.54) is 24.8 Å². The van der Waals surface area contributed by atoms with Gasteiger partial charge in [-0.25, -0.2) is 0 Å². The Morgan fingerprint density at radius 3 is 2.50 bits per heavy atom. The fourth-order valence-electron chi connectivity index (χ4n) is 2.77. The third-order valence-corrected chi connectivity index (χ3v) is 3.90. The molecule has 2 rings (SSSR count). The van der Waals surface area contributed by atoms with Crippen molar-refractivity contribution in [3.63, 3.8) is 0 Å². The summed E-state index contributed by atoms with van der Waals surface area (Å²) in [6.45, 7) is 1.76. The molecule has 0 aromatic heterocycles. The molecule has 0 heterocycles. The summed E-state index contributed by atoms with van der Waals surface area (Å²) in [7, 11) is 0. The van der Waals surface area contributed by atoms with Gasteiger partial charge in [0.25, 0.3) is 0 Å². The van der Waals surface area contributed by atoms with Crippen LogP contribution in [0.2, 0.25) is 0 Å². The van der Waals surface area contributed by atoms with E-state index in [4.69, 9.17) is 0 Å². The molecule has 0 unspecified atom stereocenters. The van der Waals surface area contributed by atoms with E-state index in [0.717, 1.165) is 38.8 Å². The number of aliphatic hydroxyl groups is 1. The molecule has 2 heteroatoms. The van der Waals surface area contributed by atoms with Gasteiger partial charge in [0.2, 0.25) is 0 Å². The van der Waals surface area contributed by atoms with Crippen molar-refractivity contribution >= 4 is 0 Å². The molecule has 0 bridgehead atoms. The van der Waals surface area contributed by atoms with Crippen molar-refractivity contribution < 1.29 is 5.11 Å². The van der Waals surface area contributed by atoms with E-state index < -0.39 is 5.60 Å². The van der Waals surface area contributed by atoms with Gasteiger partial charge < -0.3 is 10.4 Å². The lowest BCUT2D eigenvalue weighted by Crippen LogP contribution is -2.42. The van der Waals surface area contributed by atoms with Crippen LogP contribution in [0.1, 0.15) is 44.1 Å². The van der Waals surface area contributed by atoms with Crippen LogP contribution in [0.25, 0.3) is 0 Å². The number of hydrogen-bond donors (Lipinski definition) is 2. The predicted molar refractivity (Wildman–Crippen MR) is 75.7 cm³/mol. The Kier molecular flexibility index (Phi) is 5.21. The molecule has 1 aromatic rings. The first-order valence-corrected chi connectivity index (χ1v) is 7.26. The van der Waals surface area contributed by atoms with Crippen molar-refractivity contribution in [2.45, 2.75) is 50.5 Å². The Labute approximate surface area is 110 Å². The molecule has 0 amide bonds. The number of rotatable bonds is 6. The minimum atomic E-state index is -0.426. The van der Waals surface area contributed by atoms with Crippen LogP contribution in [-0.2, 0) is 6.42 Å². The first-order chi connectivity index (χ1) is 8.79. The van der Waals surface area contributed by atoms with Crippen LogP contribution in [0, 0.1) is 0 Å². The van der Waals surface area contributed by atoms with Crippen molar-refractivity contribution in [1.82, 2.24) is 5.32 Å². The number of hydrogen-bond acceptors (Lipinski definition) is 2. The monoisotopic (exact) mass is 247 g/mol. The van der Waals surface area contributed by atoms with Gasteiger partial charge in [-0.15, -0.1) is 0 Å². The van der Waals surface area contributed by atoms with Gasteiger partial charge in [-0.3, -0.25) is 0 Å². The Hall–Kier alpha value is -0.860. The maximum atomic E-state index is 10.3. The predicted octanol–water partition coefficient (Wildman–Crippen LogP) is 2.90. The van der Waals surface area contributed by atoms with Crippen LogP contribution in [0.15, 0.2) is 30.3 Å². The van der Waals surface area contributed by atoms with Gasteiger partial charge in [-0.2, -0.15) is 0 Å². The molecule has 1 aliphatic carbocycles. The highest BCUT2D eigenvalue weighted by Crippen LogP contribution is 2.27. The van der Waals surface area contributed by atoms with Gasteiger partial charge in [0, 0.05) is 6.54 Å². The van der Waals surface area contributed by atoms with Crippen LogP contribution < -0.4 is 5.32 Å². The third kappa shape index (κ3) is 4.43. The summed E-state index contributed by atoms with van der Waals surface area (Å²) in [6.07, 6.45) is 7.85. The van der Waals surface area contributed by atoms with E-state index in [-0.39, 0.29) is 0 Å². The van der Waals surface area contributed by atoms with Crippen molar-refractivity contribution in [1.29, 1.82) is 0 Å². The summed E-state index contributed by atoms with van der Waals surface area (Å²) in [5.74, 6) is 0. The summed E-state index contributed by atoms with van der Waals surface area (Å²) in [4.78, 5) is 0. The van der Waals surface area contributed by atoms with Crippen LogP contribution in [-0.4, -0.2) is 23.8 Å². The van der Waals surface area contributed by atoms with Crippen molar-refractivity contribution in [3.05, 3.63) is 35.9 Å². The van der Waals surface area contributed by atoms with Gasteiger partial charge in [0.15, 0.2) is 0 Å². The van der Waals surface area contributed by atoms with Gasteiger partial charge in [0.1, 0.15) is 0 Å². The number of nitrogens with one attached hydrogen (secondary N) is 1. The standard InChI is InChI=1S/C16H25NO/c18-16(11-5-2-6-12-16)14-17-13-7-10-15-8-3-1-4-9-15/h1,3-4,8-9,17-18H,2,5-7,10-14H2. The molecule has 0 aliphatic heterocycles. The molecule has 2 N–H and O–H groups in total. The zero-order valence-corrected chi connectivity index (χ0v) is 11.2. The fraction of sp³-hybridized carbons (Fsp3) is 0.625. The normalized spacial score (nSPS) is 18.7. The van der Waals surface area contributed by atoms with E-state index in [2.05, 4.69) is 35.6 Å². The molecule has 18 heavy (non-hydrogen) atoms. The summed E-state index contributed by atoms with van der Waals surface area (Å²) >= 11 is 0. The quantitative estimate of drug-likeness (QED) is 0.758. The maximum absolute atomic E-state index is 10.3. The topological polar surface area (TPSA) is 32.3 Å². The van der Waals surface area contributed by atoms with Crippen molar-refractivity contribution in [3.8, 4) is 0 Å². The average molecular weight is 247 g/mol. The van der Waals surface area contributed by atoms with Crippen LogP contribution in [0.3, 0.4) is 0 Å². The summed E-state index contributed by atoms with van der Waals surface area (Å²) in [6, 6.07) is 10.6. The number of aryl methyl sites for hydroxylation is 1. The third-order valence-electron chi connectivity index (χ3n) is 3.90. The minimum Gasteiger partial charge on any atom is -0.389 e. The highest BCUT2D eigenvalue weighted by molar-refractivity contribution is 5.14.